The van der Waals surface area contributed by atoms with E-state index in [2.05, 4.69) is 5.43 Å². The van der Waals surface area contributed by atoms with Crippen molar-refractivity contribution in [3.8, 4) is 5.75 Å². The average molecular weight is 304 g/mol. The van der Waals surface area contributed by atoms with Gasteiger partial charge in [0.15, 0.2) is 21.4 Å². The highest BCUT2D eigenvalue weighted by Gasteiger charge is 2.38. The van der Waals surface area contributed by atoms with E-state index >= 15 is 0 Å². The lowest BCUT2D eigenvalue weighted by Gasteiger charge is -2.32. The normalized spacial score (nSPS) is 14.1. The van der Waals surface area contributed by atoms with E-state index in [1.54, 1.807) is 19.9 Å². The fourth-order valence-corrected chi connectivity index (χ4v) is 2.50. The average Bonchev–Trinajstić information content (AvgIpc) is 2.34. The first-order valence-electron chi connectivity index (χ1n) is 6.11. The molecule has 5 nitrogen and oxygen atoms in total. The minimum Gasteiger partial charge on any atom is -0.494 e. The zero-order valence-electron chi connectivity index (χ0n) is 12.1. The molecule has 0 radical (unpaired) electrons. The van der Waals surface area contributed by atoms with Crippen molar-refractivity contribution < 1.29 is 17.5 Å². The molecule has 0 saturated carbocycles. The topological polar surface area (TPSA) is 81.4 Å². The van der Waals surface area contributed by atoms with Gasteiger partial charge in [0, 0.05) is 12.3 Å². The number of nitrogens with two attached hydrogens (primary N) is 1. The number of nitrogens with one attached hydrogen (secondary N) is 1. The van der Waals surface area contributed by atoms with Gasteiger partial charge in [0.05, 0.1) is 11.9 Å². The van der Waals surface area contributed by atoms with E-state index in [4.69, 9.17) is 10.6 Å². The second-order valence-electron chi connectivity index (χ2n) is 5.27. The zero-order valence-corrected chi connectivity index (χ0v) is 12.9. The fraction of sp³-hybridized carbons (Fsp3) is 0.538. The standard InChI is InChI=1S/C13H21FN2O3S/c1-13(2,20(4,17)18)12(16-15)8-9-5-6-11(19-3)10(14)7-9/h5-7,12,16H,8,15H2,1-4H3. The van der Waals surface area contributed by atoms with Gasteiger partial charge in [-0.3, -0.25) is 11.3 Å². The summed E-state index contributed by atoms with van der Waals surface area (Å²) in [4.78, 5) is 0. The first-order chi connectivity index (χ1) is 9.13. The van der Waals surface area contributed by atoms with Crippen molar-refractivity contribution in [3.63, 3.8) is 0 Å². The number of benzene rings is 1. The Kier molecular flexibility index (Phi) is 5.12. The molecule has 1 atom stereocenters. The molecular formula is C13H21FN2O3S. The van der Waals surface area contributed by atoms with Crippen molar-refractivity contribution in [1.29, 1.82) is 0 Å². The summed E-state index contributed by atoms with van der Waals surface area (Å²) in [6.07, 6.45) is 1.45. The first-order valence-corrected chi connectivity index (χ1v) is 8.00. The Morgan fingerprint density at radius 3 is 2.45 bits per heavy atom. The third-order valence-corrected chi connectivity index (χ3v) is 5.85. The van der Waals surface area contributed by atoms with Crippen LogP contribution in [0.3, 0.4) is 0 Å². The Bertz CT molecular complexity index is 573. The zero-order chi connectivity index (χ0) is 15.6. The Labute approximate surface area is 119 Å². The largest absolute Gasteiger partial charge is 0.494 e. The molecule has 1 aromatic carbocycles. The highest BCUT2D eigenvalue weighted by Crippen LogP contribution is 2.24. The molecule has 1 aromatic rings. The third kappa shape index (κ3) is 3.47. The quantitative estimate of drug-likeness (QED) is 0.606. The van der Waals surface area contributed by atoms with Crippen LogP contribution in [0, 0.1) is 5.82 Å². The molecule has 1 unspecified atom stereocenters. The van der Waals surface area contributed by atoms with Crippen molar-refractivity contribution >= 4 is 9.84 Å². The van der Waals surface area contributed by atoms with Crippen LogP contribution in [-0.2, 0) is 16.3 Å². The number of hydrogen-bond acceptors (Lipinski definition) is 5. The van der Waals surface area contributed by atoms with Crippen LogP contribution in [-0.4, -0.2) is 32.6 Å². The minimum atomic E-state index is -3.32. The SMILES string of the molecule is COc1ccc(CC(NN)C(C)(C)S(C)(=O)=O)cc1F. The summed E-state index contributed by atoms with van der Waals surface area (Å²) in [5, 5.41) is 0. The molecule has 1 rings (SSSR count). The van der Waals surface area contributed by atoms with Crippen LogP contribution in [0.5, 0.6) is 5.75 Å². The molecule has 0 aliphatic heterocycles. The predicted octanol–water partition coefficient (Wildman–Crippen LogP) is 1.03. The fourth-order valence-electron chi connectivity index (χ4n) is 1.84. The minimum absolute atomic E-state index is 0.147. The second-order valence-corrected chi connectivity index (χ2v) is 7.86. The van der Waals surface area contributed by atoms with Crippen LogP contribution in [0.15, 0.2) is 18.2 Å². The van der Waals surface area contributed by atoms with Gasteiger partial charge in [0.2, 0.25) is 0 Å². The number of methoxy groups -OCH3 is 1. The smallest absolute Gasteiger partial charge is 0.165 e. The molecule has 7 heteroatoms. The van der Waals surface area contributed by atoms with Crippen LogP contribution in [0.4, 0.5) is 4.39 Å². The van der Waals surface area contributed by atoms with Crippen molar-refractivity contribution in [2.24, 2.45) is 5.84 Å². The number of halogens is 1. The summed E-state index contributed by atoms with van der Waals surface area (Å²) in [6, 6.07) is 3.97. The molecule has 0 heterocycles. The summed E-state index contributed by atoms with van der Waals surface area (Å²) in [5.41, 5.74) is 3.15. The number of rotatable bonds is 6. The maximum atomic E-state index is 13.6. The Morgan fingerprint density at radius 2 is 2.05 bits per heavy atom. The lowest BCUT2D eigenvalue weighted by Crippen LogP contribution is -2.55. The van der Waals surface area contributed by atoms with E-state index in [0.717, 1.165) is 6.26 Å². The van der Waals surface area contributed by atoms with Gasteiger partial charge in [0.1, 0.15) is 0 Å². The molecule has 0 amide bonds. The Hall–Kier alpha value is -1.18. The maximum absolute atomic E-state index is 13.6. The van der Waals surface area contributed by atoms with Crippen molar-refractivity contribution in [3.05, 3.63) is 29.6 Å². The molecule has 20 heavy (non-hydrogen) atoms. The summed E-state index contributed by atoms with van der Waals surface area (Å²) in [5.74, 6) is 5.12. The predicted molar refractivity (Wildman–Crippen MR) is 76.7 cm³/mol. The molecule has 0 aliphatic rings. The molecular weight excluding hydrogens is 283 g/mol. The van der Waals surface area contributed by atoms with E-state index in [9.17, 15) is 12.8 Å². The van der Waals surface area contributed by atoms with Crippen LogP contribution < -0.4 is 16.0 Å². The third-order valence-electron chi connectivity index (χ3n) is 3.65. The van der Waals surface area contributed by atoms with Gasteiger partial charge >= 0.3 is 0 Å². The number of ether oxygens (including phenoxy) is 1. The number of hydrogen-bond donors (Lipinski definition) is 2. The van der Waals surface area contributed by atoms with Crippen molar-refractivity contribution in [2.75, 3.05) is 13.4 Å². The van der Waals surface area contributed by atoms with E-state index in [-0.39, 0.29) is 12.2 Å². The van der Waals surface area contributed by atoms with E-state index in [0.29, 0.717) is 5.56 Å². The van der Waals surface area contributed by atoms with Gasteiger partial charge in [0.25, 0.3) is 0 Å². The Balaban J connectivity index is 3.03. The molecule has 114 valence electrons. The Morgan fingerprint density at radius 1 is 1.45 bits per heavy atom. The lowest BCUT2D eigenvalue weighted by molar-refractivity contribution is 0.384. The molecule has 0 spiro atoms. The first kappa shape index (κ1) is 16.9. The highest BCUT2D eigenvalue weighted by atomic mass is 32.2. The monoisotopic (exact) mass is 304 g/mol. The second kappa shape index (κ2) is 6.07. The van der Waals surface area contributed by atoms with Crippen LogP contribution in [0.2, 0.25) is 0 Å². The van der Waals surface area contributed by atoms with Crippen LogP contribution in [0.1, 0.15) is 19.4 Å². The summed E-state index contributed by atoms with van der Waals surface area (Å²) in [7, 11) is -1.93. The molecule has 3 N–H and O–H groups in total. The lowest BCUT2D eigenvalue weighted by atomic mass is 9.96. The van der Waals surface area contributed by atoms with Gasteiger partial charge in [-0.05, 0) is 38.0 Å². The highest BCUT2D eigenvalue weighted by molar-refractivity contribution is 7.92. The molecule has 0 fully saturated rings. The van der Waals surface area contributed by atoms with Gasteiger partial charge in [-0.2, -0.15) is 0 Å². The van der Waals surface area contributed by atoms with Gasteiger partial charge < -0.3 is 4.74 Å². The maximum Gasteiger partial charge on any atom is 0.165 e. The summed E-state index contributed by atoms with van der Waals surface area (Å²) < 4.78 is 41.1. The molecule has 0 aliphatic carbocycles. The molecule has 0 bridgehead atoms. The molecule has 0 aromatic heterocycles. The number of sulfone groups is 1. The number of hydrazine groups is 1. The summed E-state index contributed by atoms with van der Waals surface area (Å²) >= 11 is 0. The summed E-state index contributed by atoms with van der Waals surface area (Å²) in [6.45, 7) is 3.18. The van der Waals surface area contributed by atoms with Crippen LogP contribution in [0.25, 0.3) is 0 Å². The van der Waals surface area contributed by atoms with Crippen molar-refractivity contribution in [1.82, 2.24) is 5.43 Å². The van der Waals surface area contributed by atoms with Crippen molar-refractivity contribution in [2.45, 2.75) is 31.1 Å². The van der Waals surface area contributed by atoms with E-state index in [1.165, 1.54) is 19.2 Å². The van der Waals surface area contributed by atoms with E-state index < -0.39 is 26.4 Å². The molecule has 0 saturated heterocycles. The van der Waals surface area contributed by atoms with E-state index in [1.807, 2.05) is 0 Å². The van der Waals surface area contributed by atoms with Crippen LogP contribution >= 0.6 is 0 Å². The van der Waals surface area contributed by atoms with Gasteiger partial charge in [-0.15, -0.1) is 0 Å². The van der Waals surface area contributed by atoms with Gasteiger partial charge in [-0.1, -0.05) is 6.07 Å². The van der Waals surface area contributed by atoms with Gasteiger partial charge in [-0.25, -0.2) is 12.8 Å².